The van der Waals surface area contributed by atoms with Crippen LogP contribution in [0.2, 0.25) is 0 Å². The van der Waals surface area contributed by atoms with Crippen LogP contribution >= 0.6 is 0 Å². The molecule has 7 nitrogen and oxygen atoms in total. The first kappa shape index (κ1) is 20.3. The van der Waals surface area contributed by atoms with Gasteiger partial charge in [-0.3, -0.25) is 14.0 Å². The summed E-state index contributed by atoms with van der Waals surface area (Å²) in [6, 6.07) is 23.8. The van der Waals surface area contributed by atoms with Gasteiger partial charge in [0.2, 0.25) is 5.91 Å². The maximum atomic E-state index is 12.6. The molecule has 2 heterocycles. The number of hydrogen-bond donors (Lipinski definition) is 2. The van der Waals surface area contributed by atoms with Crippen LogP contribution in [0.5, 0.6) is 0 Å². The number of fused-ring (bicyclic) bond motifs is 1. The number of carbonyl (C=O) groups excluding carboxylic acids is 2. The maximum absolute atomic E-state index is 12.6. The van der Waals surface area contributed by atoms with Crippen molar-refractivity contribution in [2.45, 2.75) is 18.9 Å². The van der Waals surface area contributed by atoms with Crippen LogP contribution < -0.4 is 10.6 Å². The summed E-state index contributed by atoms with van der Waals surface area (Å²) in [5.41, 5.74) is 2.21. The Morgan fingerprint density at radius 2 is 1.58 bits per heavy atom. The minimum atomic E-state index is -0.428. The molecule has 0 aliphatic rings. The molecule has 2 aromatic heterocycles. The van der Waals surface area contributed by atoms with Gasteiger partial charge in [0, 0.05) is 24.7 Å². The van der Waals surface area contributed by atoms with Gasteiger partial charge in [-0.15, -0.1) is 10.2 Å². The molecule has 7 heteroatoms. The van der Waals surface area contributed by atoms with Crippen molar-refractivity contribution in [2.75, 3.05) is 6.54 Å². The summed E-state index contributed by atoms with van der Waals surface area (Å²) in [6.45, 7) is 0.433. The molecule has 0 radical (unpaired) electrons. The average molecular weight is 413 g/mol. The fraction of sp³-hybridized carbons (Fsp3) is 0.167. The highest BCUT2D eigenvalue weighted by atomic mass is 16.2. The fourth-order valence-electron chi connectivity index (χ4n) is 3.40. The molecule has 0 saturated heterocycles. The van der Waals surface area contributed by atoms with Crippen LogP contribution in [0, 0.1) is 0 Å². The van der Waals surface area contributed by atoms with E-state index < -0.39 is 6.04 Å². The molecule has 156 valence electrons. The second-order valence-corrected chi connectivity index (χ2v) is 7.15. The predicted molar refractivity (Wildman–Crippen MR) is 117 cm³/mol. The number of carbonyl (C=O) groups is 2. The summed E-state index contributed by atoms with van der Waals surface area (Å²) >= 11 is 0. The molecule has 1 atom stereocenters. The largest absolute Gasteiger partial charge is 0.356 e. The van der Waals surface area contributed by atoms with E-state index in [4.69, 9.17) is 0 Å². The molecule has 4 rings (SSSR count). The zero-order valence-electron chi connectivity index (χ0n) is 16.9. The molecule has 0 saturated carbocycles. The van der Waals surface area contributed by atoms with E-state index in [1.165, 1.54) is 0 Å². The number of amides is 2. The van der Waals surface area contributed by atoms with Crippen LogP contribution in [-0.2, 0) is 11.2 Å². The van der Waals surface area contributed by atoms with Crippen molar-refractivity contribution in [3.63, 3.8) is 0 Å². The summed E-state index contributed by atoms with van der Waals surface area (Å²) < 4.78 is 1.90. The van der Waals surface area contributed by atoms with Crippen LogP contribution in [0.15, 0.2) is 85.1 Å². The second kappa shape index (κ2) is 9.67. The standard InChI is InChI=1S/C24H23N5O2/c30-23(25-15-14-22-28-27-21-13-7-8-16-29(21)22)17-20(18-9-3-1-4-10-18)26-24(31)19-11-5-2-6-12-19/h1-13,16,20H,14-15,17H2,(H,25,30)(H,26,31). The lowest BCUT2D eigenvalue weighted by Gasteiger charge is -2.19. The second-order valence-electron chi connectivity index (χ2n) is 7.15. The third-order valence-electron chi connectivity index (χ3n) is 4.99. The van der Waals surface area contributed by atoms with Gasteiger partial charge in [-0.05, 0) is 29.8 Å². The molecule has 31 heavy (non-hydrogen) atoms. The summed E-state index contributed by atoms with van der Waals surface area (Å²) in [4.78, 5) is 25.3. The summed E-state index contributed by atoms with van der Waals surface area (Å²) in [5.74, 6) is 0.432. The number of benzene rings is 2. The number of nitrogens with zero attached hydrogens (tertiary/aromatic N) is 3. The van der Waals surface area contributed by atoms with E-state index in [1.54, 1.807) is 12.1 Å². The average Bonchev–Trinajstić information content (AvgIpc) is 3.23. The first-order chi connectivity index (χ1) is 15.2. The Labute approximate surface area is 180 Å². The molecule has 0 aliphatic carbocycles. The van der Waals surface area contributed by atoms with E-state index in [-0.39, 0.29) is 18.2 Å². The third-order valence-corrected chi connectivity index (χ3v) is 4.99. The molecular weight excluding hydrogens is 390 g/mol. The van der Waals surface area contributed by atoms with E-state index in [0.29, 0.717) is 18.5 Å². The van der Waals surface area contributed by atoms with Crippen LogP contribution in [0.4, 0.5) is 0 Å². The summed E-state index contributed by atoms with van der Waals surface area (Å²) in [5, 5.41) is 14.2. The van der Waals surface area contributed by atoms with Gasteiger partial charge in [-0.25, -0.2) is 0 Å². The minimum absolute atomic E-state index is 0.142. The zero-order valence-corrected chi connectivity index (χ0v) is 16.9. The highest BCUT2D eigenvalue weighted by molar-refractivity contribution is 5.94. The molecule has 2 aromatic carbocycles. The van der Waals surface area contributed by atoms with Crippen molar-refractivity contribution in [2.24, 2.45) is 0 Å². The van der Waals surface area contributed by atoms with Crippen LogP contribution in [0.1, 0.15) is 34.2 Å². The number of nitrogens with one attached hydrogen (secondary N) is 2. The number of hydrogen-bond acceptors (Lipinski definition) is 4. The highest BCUT2D eigenvalue weighted by Gasteiger charge is 2.19. The monoisotopic (exact) mass is 413 g/mol. The van der Waals surface area contributed by atoms with Gasteiger partial charge in [0.1, 0.15) is 5.82 Å². The predicted octanol–water partition coefficient (Wildman–Crippen LogP) is 2.95. The van der Waals surface area contributed by atoms with Crippen LogP contribution in [0.25, 0.3) is 5.65 Å². The zero-order chi connectivity index (χ0) is 21.5. The third kappa shape index (κ3) is 5.14. The Balaban J connectivity index is 1.38. The first-order valence-electron chi connectivity index (χ1n) is 10.2. The van der Waals surface area contributed by atoms with Gasteiger partial charge in [-0.1, -0.05) is 54.6 Å². The number of pyridine rings is 1. The SMILES string of the molecule is O=C(CC(NC(=O)c1ccccc1)c1ccccc1)NCCc1nnc2ccccn12. The quantitative estimate of drug-likeness (QED) is 0.465. The molecule has 0 aliphatic heterocycles. The molecular formula is C24H23N5O2. The van der Waals surface area contributed by atoms with Crippen molar-refractivity contribution >= 4 is 17.5 Å². The van der Waals surface area contributed by atoms with Gasteiger partial charge in [0.25, 0.3) is 5.91 Å². The van der Waals surface area contributed by atoms with Gasteiger partial charge in [0.15, 0.2) is 5.65 Å². The van der Waals surface area contributed by atoms with E-state index in [2.05, 4.69) is 20.8 Å². The molecule has 0 bridgehead atoms. The van der Waals surface area contributed by atoms with Gasteiger partial charge in [0.05, 0.1) is 12.5 Å². The van der Waals surface area contributed by atoms with Crippen LogP contribution in [0.3, 0.4) is 0 Å². The number of rotatable bonds is 8. The molecule has 2 amide bonds. The van der Waals surface area contributed by atoms with E-state index >= 15 is 0 Å². The lowest BCUT2D eigenvalue weighted by Crippen LogP contribution is -2.34. The molecule has 4 aromatic rings. The normalized spacial score (nSPS) is 11.7. The smallest absolute Gasteiger partial charge is 0.251 e. The topological polar surface area (TPSA) is 88.4 Å². The molecule has 1 unspecified atom stereocenters. The molecule has 2 N–H and O–H groups in total. The van der Waals surface area contributed by atoms with Crippen molar-refractivity contribution in [3.05, 3.63) is 102 Å². The van der Waals surface area contributed by atoms with Crippen LogP contribution in [-0.4, -0.2) is 33.0 Å². The first-order valence-corrected chi connectivity index (χ1v) is 10.2. The van der Waals surface area contributed by atoms with E-state index in [9.17, 15) is 9.59 Å². The number of aromatic nitrogens is 3. The lowest BCUT2D eigenvalue weighted by molar-refractivity contribution is -0.121. The summed E-state index contributed by atoms with van der Waals surface area (Å²) in [6.07, 6.45) is 2.60. The van der Waals surface area contributed by atoms with Crippen molar-refractivity contribution in [1.29, 1.82) is 0 Å². The van der Waals surface area contributed by atoms with Gasteiger partial charge >= 0.3 is 0 Å². The Kier molecular flexibility index (Phi) is 6.32. The van der Waals surface area contributed by atoms with E-state index in [0.717, 1.165) is 17.0 Å². The molecule has 0 fully saturated rings. The minimum Gasteiger partial charge on any atom is -0.356 e. The van der Waals surface area contributed by atoms with Crippen molar-refractivity contribution in [3.8, 4) is 0 Å². The van der Waals surface area contributed by atoms with Crippen molar-refractivity contribution in [1.82, 2.24) is 25.2 Å². The Morgan fingerprint density at radius 1 is 0.871 bits per heavy atom. The Morgan fingerprint density at radius 3 is 2.35 bits per heavy atom. The Hall–Kier alpha value is -4.00. The van der Waals surface area contributed by atoms with Crippen molar-refractivity contribution < 1.29 is 9.59 Å². The van der Waals surface area contributed by atoms with Gasteiger partial charge in [-0.2, -0.15) is 0 Å². The van der Waals surface area contributed by atoms with E-state index in [1.807, 2.05) is 77.3 Å². The highest BCUT2D eigenvalue weighted by Crippen LogP contribution is 2.17. The molecule has 0 spiro atoms. The fourth-order valence-corrected chi connectivity index (χ4v) is 3.40. The maximum Gasteiger partial charge on any atom is 0.251 e. The Bertz CT molecular complexity index is 1160. The lowest BCUT2D eigenvalue weighted by atomic mass is 10.0. The summed E-state index contributed by atoms with van der Waals surface area (Å²) in [7, 11) is 0. The van der Waals surface area contributed by atoms with Gasteiger partial charge < -0.3 is 10.6 Å².